The van der Waals surface area contributed by atoms with Crippen molar-refractivity contribution in [1.82, 2.24) is 15.6 Å². The molecule has 0 bridgehead atoms. The van der Waals surface area contributed by atoms with Gasteiger partial charge >= 0.3 is 6.03 Å². The topological polar surface area (TPSA) is 56.9 Å². The third-order valence-electron chi connectivity index (χ3n) is 3.61. The van der Waals surface area contributed by atoms with Crippen LogP contribution in [0.4, 0.5) is 4.79 Å². The normalized spacial score (nSPS) is 10.7. The molecule has 2 aromatic carbocycles. The maximum Gasteiger partial charge on any atom is 0.315 e. The smallest absolute Gasteiger partial charge is 0.315 e. The number of carbonyl (C=O) groups excluding carboxylic acids is 1. The number of nitrogens with one attached hydrogen (secondary N) is 3. The molecule has 0 aliphatic heterocycles. The van der Waals surface area contributed by atoms with E-state index < -0.39 is 0 Å². The maximum absolute atomic E-state index is 11.9. The quantitative estimate of drug-likeness (QED) is 0.663. The first-order valence-corrected chi connectivity index (χ1v) is 7.82. The Labute approximate surface area is 139 Å². The van der Waals surface area contributed by atoms with Gasteiger partial charge in [0.1, 0.15) is 0 Å². The van der Waals surface area contributed by atoms with Crippen LogP contribution in [0.3, 0.4) is 0 Å². The monoisotopic (exact) mass is 327 g/mol. The van der Waals surface area contributed by atoms with Gasteiger partial charge in [-0.2, -0.15) is 0 Å². The van der Waals surface area contributed by atoms with E-state index in [-0.39, 0.29) is 6.03 Å². The van der Waals surface area contributed by atoms with Gasteiger partial charge in [0.15, 0.2) is 0 Å². The SMILES string of the molecule is Cc1cc2cc(CNC(=O)NCc3cccc(Cl)c3)ccc2[nH]1. The first kappa shape index (κ1) is 15.4. The van der Waals surface area contributed by atoms with E-state index in [0.29, 0.717) is 18.1 Å². The highest BCUT2D eigenvalue weighted by Crippen LogP contribution is 2.16. The second kappa shape index (κ2) is 6.75. The van der Waals surface area contributed by atoms with Crippen molar-refractivity contribution in [2.45, 2.75) is 20.0 Å². The predicted molar refractivity (Wildman–Crippen MR) is 93.6 cm³/mol. The van der Waals surface area contributed by atoms with Crippen LogP contribution in [0.5, 0.6) is 0 Å². The lowest BCUT2D eigenvalue weighted by molar-refractivity contribution is 0.240. The Morgan fingerprint density at radius 1 is 1.04 bits per heavy atom. The molecule has 0 aliphatic rings. The van der Waals surface area contributed by atoms with Gasteiger partial charge in [0.05, 0.1) is 0 Å². The molecule has 0 aliphatic carbocycles. The van der Waals surface area contributed by atoms with Crippen LogP contribution in [-0.2, 0) is 13.1 Å². The van der Waals surface area contributed by atoms with Crippen molar-refractivity contribution in [3.63, 3.8) is 0 Å². The highest BCUT2D eigenvalue weighted by Gasteiger charge is 2.03. The fraction of sp³-hybridized carbons (Fsp3) is 0.167. The highest BCUT2D eigenvalue weighted by molar-refractivity contribution is 6.30. The molecule has 118 valence electrons. The van der Waals surface area contributed by atoms with Crippen molar-refractivity contribution in [3.05, 3.63) is 70.4 Å². The molecule has 5 heteroatoms. The van der Waals surface area contributed by atoms with Crippen LogP contribution in [0.2, 0.25) is 5.02 Å². The minimum Gasteiger partial charge on any atom is -0.359 e. The van der Waals surface area contributed by atoms with Crippen molar-refractivity contribution in [3.8, 4) is 0 Å². The number of carbonyl (C=O) groups is 1. The lowest BCUT2D eigenvalue weighted by Gasteiger charge is -2.08. The van der Waals surface area contributed by atoms with E-state index in [1.54, 1.807) is 0 Å². The zero-order valence-corrected chi connectivity index (χ0v) is 13.6. The van der Waals surface area contributed by atoms with Gasteiger partial charge in [0, 0.05) is 29.3 Å². The Balaban J connectivity index is 1.53. The molecule has 0 unspecified atom stereocenters. The maximum atomic E-state index is 11.9. The molecule has 3 rings (SSSR count). The summed E-state index contributed by atoms with van der Waals surface area (Å²) in [4.78, 5) is 15.2. The van der Waals surface area contributed by atoms with Crippen LogP contribution in [0.1, 0.15) is 16.8 Å². The second-order valence-corrected chi connectivity index (χ2v) is 5.98. The standard InChI is InChI=1S/C18H18ClN3O/c1-12-7-15-8-14(5-6-17(15)22-12)11-21-18(23)20-10-13-3-2-4-16(19)9-13/h2-9,22H,10-11H2,1H3,(H2,20,21,23). The molecule has 0 saturated heterocycles. The lowest BCUT2D eigenvalue weighted by Crippen LogP contribution is -2.34. The number of hydrogen-bond acceptors (Lipinski definition) is 1. The summed E-state index contributed by atoms with van der Waals surface area (Å²) < 4.78 is 0. The van der Waals surface area contributed by atoms with Crippen LogP contribution in [-0.4, -0.2) is 11.0 Å². The highest BCUT2D eigenvalue weighted by atomic mass is 35.5. The minimum absolute atomic E-state index is 0.199. The average molecular weight is 328 g/mol. The number of aromatic nitrogens is 1. The molecule has 2 amide bonds. The van der Waals surface area contributed by atoms with E-state index in [4.69, 9.17) is 11.6 Å². The summed E-state index contributed by atoms with van der Waals surface area (Å²) in [6.45, 7) is 2.96. The van der Waals surface area contributed by atoms with E-state index in [1.807, 2.05) is 43.3 Å². The largest absolute Gasteiger partial charge is 0.359 e. The summed E-state index contributed by atoms with van der Waals surface area (Å²) >= 11 is 5.92. The number of aryl methyl sites for hydroxylation is 1. The fourth-order valence-electron chi connectivity index (χ4n) is 2.51. The number of halogens is 1. The minimum atomic E-state index is -0.199. The van der Waals surface area contributed by atoms with Gasteiger partial charge in [-0.05, 0) is 53.8 Å². The van der Waals surface area contributed by atoms with Gasteiger partial charge in [-0.1, -0.05) is 29.8 Å². The third kappa shape index (κ3) is 4.05. The molecule has 0 saturated carbocycles. The summed E-state index contributed by atoms with van der Waals surface area (Å²) in [6, 6.07) is 15.5. The molecule has 3 N–H and O–H groups in total. The Hall–Kier alpha value is -2.46. The molecular formula is C18H18ClN3O. The van der Waals surface area contributed by atoms with Crippen LogP contribution in [0.25, 0.3) is 10.9 Å². The fourth-order valence-corrected chi connectivity index (χ4v) is 2.72. The molecular weight excluding hydrogens is 310 g/mol. The van der Waals surface area contributed by atoms with Crippen LogP contribution >= 0.6 is 11.6 Å². The predicted octanol–water partition coefficient (Wildman–Crippen LogP) is 4.13. The zero-order chi connectivity index (χ0) is 16.2. The van der Waals surface area contributed by atoms with Crippen LogP contribution in [0.15, 0.2) is 48.5 Å². The Kier molecular flexibility index (Phi) is 4.53. The lowest BCUT2D eigenvalue weighted by atomic mass is 10.1. The van der Waals surface area contributed by atoms with Gasteiger partial charge in [0.25, 0.3) is 0 Å². The summed E-state index contributed by atoms with van der Waals surface area (Å²) in [5.41, 5.74) is 4.27. The van der Waals surface area contributed by atoms with Gasteiger partial charge in [-0.25, -0.2) is 4.79 Å². The molecule has 23 heavy (non-hydrogen) atoms. The molecule has 0 spiro atoms. The summed E-state index contributed by atoms with van der Waals surface area (Å²) in [5, 5.41) is 7.51. The zero-order valence-electron chi connectivity index (χ0n) is 12.8. The van der Waals surface area contributed by atoms with Gasteiger partial charge in [-0.3, -0.25) is 0 Å². The second-order valence-electron chi connectivity index (χ2n) is 5.54. The molecule has 4 nitrogen and oxygen atoms in total. The first-order valence-electron chi connectivity index (χ1n) is 7.44. The van der Waals surface area contributed by atoms with E-state index in [2.05, 4.69) is 27.8 Å². The van der Waals surface area contributed by atoms with Crippen molar-refractivity contribution >= 4 is 28.5 Å². The Morgan fingerprint density at radius 3 is 2.52 bits per heavy atom. The number of H-pyrrole nitrogens is 1. The van der Waals surface area contributed by atoms with Crippen LogP contribution < -0.4 is 10.6 Å². The van der Waals surface area contributed by atoms with E-state index >= 15 is 0 Å². The molecule has 1 heterocycles. The number of urea groups is 1. The van der Waals surface area contributed by atoms with Crippen LogP contribution in [0, 0.1) is 6.92 Å². The van der Waals surface area contributed by atoms with Gasteiger partial charge in [0.2, 0.25) is 0 Å². The summed E-state index contributed by atoms with van der Waals surface area (Å²) in [7, 11) is 0. The third-order valence-corrected chi connectivity index (χ3v) is 3.85. The number of rotatable bonds is 4. The molecule has 0 radical (unpaired) electrons. The molecule has 0 atom stereocenters. The molecule has 1 aromatic heterocycles. The van der Waals surface area contributed by atoms with E-state index in [9.17, 15) is 4.79 Å². The van der Waals surface area contributed by atoms with Gasteiger partial charge < -0.3 is 15.6 Å². The van der Waals surface area contributed by atoms with E-state index in [0.717, 1.165) is 27.7 Å². The van der Waals surface area contributed by atoms with E-state index in [1.165, 1.54) is 0 Å². The number of hydrogen-bond donors (Lipinski definition) is 3. The Bertz CT molecular complexity index is 841. The summed E-state index contributed by atoms with van der Waals surface area (Å²) in [6.07, 6.45) is 0. The number of fused-ring (bicyclic) bond motifs is 1. The Morgan fingerprint density at radius 2 is 1.78 bits per heavy atom. The number of benzene rings is 2. The average Bonchev–Trinajstić information content (AvgIpc) is 2.90. The summed E-state index contributed by atoms with van der Waals surface area (Å²) in [5.74, 6) is 0. The molecule has 3 aromatic rings. The van der Waals surface area contributed by atoms with Gasteiger partial charge in [-0.15, -0.1) is 0 Å². The van der Waals surface area contributed by atoms with Crippen molar-refractivity contribution in [1.29, 1.82) is 0 Å². The molecule has 0 fully saturated rings. The van der Waals surface area contributed by atoms with Crippen molar-refractivity contribution < 1.29 is 4.79 Å². The number of amides is 2. The van der Waals surface area contributed by atoms with Crippen molar-refractivity contribution in [2.75, 3.05) is 0 Å². The first-order chi connectivity index (χ1) is 11.1. The number of aromatic amines is 1. The van der Waals surface area contributed by atoms with Crippen molar-refractivity contribution in [2.24, 2.45) is 0 Å².